The molecule has 0 saturated heterocycles. The summed E-state index contributed by atoms with van der Waals surface area (Å²) in [6.07, 6.45) is -1.49. The fourth-order valence-corrected chi connectivity index (χ4v) is 2.79. The van der Waals surface area contributed by atoms with Crippen LogP contribution in [0.5, 0.6) is 0 Å². The van der Waals surface area contributed by atoms with E-state index in [1.54, 1.807) is 36.4 Å². The third-order valence-corrected chi connectivity index (χ3v) is 4.25. The number of amides is 1. The second-order valence-electron chi connectivity index (χ2n) is 6.25. The van der Waals surface area contributed by atoms with Crippen molar-refractivity contribution in [2.75, 3.05) is 5.32 Å². The fourth-order valence-electron chi connectivity index (χ4n) is 2.79. The SMILES string of the molecule is Cn1nc(C(F)(F)F)cc1-c1ccc(NC(=O)c2cc(-c3ccoc3)n[nH]2)cc1. The average Bonchev–Trinajstić information content (AvgIpc) is 3.42. The first kappa shape index (κ1) is 18.5. The number of aromatic nitrogens is 4. The summed E-state index contributed by atoms with van der Waals surface area (Å²) >= 11 is 0. The molecule has 0 saturated carbocycles. The minimum atomic E-state index is -4.51. The Hall–Kier alpha value is -3.82. The Kier molecular flexibility index (Phi) is 4.45. The van der Waals surface area contributed by atoms with E-state index in [1.807, 2.05) is 0 Å². The van der Waals surface area contributed by atoms with E-state index < -0.39 is 17.8 Å². The highest BCUT2D eigenvalue weighted by Gasteiger charge is 2.34. The lowest BCUT2D eigenvalue weighted by molar-refractivity contribution is -0.141. The summed E-state index contributed by atoms with van der Waals surface area (Å²) < 4.78 is 44.6. The van der Waals surface area contributed by atoms with Crippen LogP contribution >= 0.6 is 0 Å². The highest BCUT2D eigenvalue weighted by atomic mass is 19.4. The first-order chi connectivity index (χ1) is 13.8. The number of rotatable bonds is 4. The standard InChI is InChI=1S/C19H14F3N5O2/c1-27-16(9-17(26-27)19(20,21)22)11-2-4-13(5-3-11)23-18(28)15-8-14(24-25-15)12-6-7-29-10-12/h2-10H,1H3,(H,23,28)(H,24,25). The Morgan fingerprint density at radius 2 is 1.90 bits per heavy atom. The molecule has 3 heterocycles. The lowest BCUT2D eigenvalue weighted by atomic mass is 10.1. The van der Waals surface area contributed by atoms with Crippen LogP contribution < -0.4 is 5.32 Å². The van der Waals surface area contributed by atoms with Gasteiger partial charge in [-0.15, -0.1) is 0 Å². The maximum Gasteiger partial charge on any atom is 0.435 e. The molecule has 148 valence electrons. The number of H-pyrrole nitrogens is 1. The van der Waals surface area contributed by atoms with Crippen LogP contribution in [-0.2, 0) is 13.2 Å². The van der Waals surface area contributed by atoms with Crippen molar-refractivity contribution in [3.63, 3.8) is 0 Å². The predicted octanol–water partition coefficient (Wildman–Crippen LogP) is 4.34. The van der Waals surface area contributed by atoms with Crippen molar-refractivity contribution in [3.05, 3.63) is 66.4 Å². The molecule has 29 heavy (non-hydrogen) atoms. The number of alkyl halides is 3. The Labute approximate surface area is 162 Å². The minimum absolute atomic E-state index is 0.256. The minimum Gasteiger partial charge on any atom is -0.472 e. The van der Waals surface area contributed by atoms with Crippen LogP contribution in [0.25, 0.3) is 22.5 Å². The number of halogens is 3. The summed E-state index contributed by atoms with van der Waals surface area (Å²) in [5.41, 5.74) is 1.93. The number of nitrogens with one attached hydrogen (secondary N) is 2. The van der Waals surface area contributed by atoms with Crippen molar-refractivity contribution in [1.82, 2.24) is 20.0 Å². The van der Waals surface area contributed by atoms with E-state index >= 15 is 0 Å². The topological polar surface area (TPSA) is 88.7 Å². The number of anilines is 1. The smallest absolute Gasteiger partial charge is 0.435 e. The van der Waals surface area contributed by atoms with E-state index in [2.05, 4.69) is 20.6 Å². The van der Waals surface area contributed by atoms with Gasteiger partial charge in [-0.05, 0) is 35.9 Å². The predicted molar refractivity (Wildman–Crippen MR) is 97.9 cm³/mol. The van der Waals surface area contributed by atoms with Crippen LogP contribution in [0.3, 0.4) is 0 Å². The van der Waals surface area contributed by atoms with Gasteiger partial charge in [-0.3, -0.25) is 14.6 Å². The first-order valence-corrected chi connectivity index (χ1v) is 8.42. The number of carbonyl (C=O) groups is 1. The van der Waals surface area contributed by atoms with E-state index in [0.29, 0.717) is 22.6 Å². The molecule has 4 rings (SSSR count). The van der Waals surface area contributed by atoms with Gasteiger partial charge in [0, 0.05) is 18.3 Å². The van der Waals surface area contributed by atoms with E-state index in [4.69, 9.17) is 4.42 Å². The molecule has 0 fully saturated rings. The summed E-state index contributed by atoms with van der Waals surface area (Å²) in [4.78, 5) is 12.4. The second-order valence-corrected chi connectivity index (χ2v) is 6.25. The van der Waals surface area contributed by atoms with Gasteiger partial charge in [-0.1, -0.05) is 12.1 Å². The molecular weight excluding hydrogens is 387 g/mol. The number of carbonyl (C=O) groups excluding carboxylic acids is 1. The molecule has 0 aliphatic rings. The molecule has 10 heteroatoms. The monoisotopic (exact) mass is 401 g/mol. The Bertz CT molecular complexity index is 1140. The summed E-state index contributed by atoms with van der Waals surface area (Å²) in [5, 5.41) is 12.9. The van der Waals surface area contributed by atoms with Gasteiger partial charge in [0.05, 0.1) is 23.9 Å². The van der Waals surface area contributed by atoms with Crippen molar-refractivity contribution < 1.29 is 22.4 Å². The Balaban J connectivity index is 1.49. The van der Waals surface area contributed by atoms with Crippen molar-refractivity contribution >= 4 is 11.6 Å². The summed E-state index contributed by atoms with van der Waals surface area (Å²) in [5.74, 6) is -0.403. The number of furan rings is 1. The van der Waals surface area contributed by atoms with Crippen LogP contribution in [0.2, 0.25) is 0 Å². The molecule has 0 aliphatic carbocycles. The first-order valence-electron chi connectivity index (χ1n) is 8.42. The molecule has 0 aliphatic heterocycles. The zero-order valence-corrected chi connectivity index (χ0v) is 15.0. The molecule has 3 aromatic heterocycles. The van der Waals surface area contributed by atoms with Crippen LogP contribution in [-0.4, -0.2) is 25.9 Å². The zero-order chi connectivity index (χ0) is 20.6. The molecule has 7 nitrogen and oxygen atoms in total. The summed E-state index contributed by atoms with van der Waals surface area (Å²) in [6, 6.07) is 10.7. The highest BCUT2D eigenvalue weighted by Crippen LogP contribution is 2.31. The summed E-state index contributed by atoms with van der Waals surface area (Å²) in [7, 11) is 1.44. The highest BCUT2D eigenvalue weighted by molar-refractivity contribution is 6.03. The number of aromatic amines is 1. The third kappa shape index (κ3) is 3.77. The number of benzene rings is 1. The number of nitrogens with zero attached hydrogens (tertiary/aromatic N) is 3. The normalized spacial score (nSPS) is 11.6. The van der Waals surface area contributed by atoms with Crippen LogP contribution in [0.4, 0.5) is 18.9 Å². The quantitative estimate of drug-likeness (QED) is 0.532. The van der Waals surface area contributed by atoms with Gasteiger partial charge in [0.25, 0.3) is 5.91 Å². The Morgan fingerprint density at radius 3 is 2.52 bits per heavy atom. The second kappa shape index (κ2) is 6.97. The molecule has 2 N–H and O–H groups in total. The van der Waals surface area contributed by atoms with Crippen LogP contribution in [0, 0.1) is 0 Å². The molecule has 0 atom stereocenters. The van der Waals surface area contributed by atoms with Crippen molar-refractivity contribution in [3.8, 4) is 22.5 Å². The third-order valence-electron chi connectivity index (χ3n) is 4.25. The molecule has 0 bridgehead atoms. The lowest BCUT2D eigenvalue weighted by Gasteiger charge is -2.06. The Morgan fingerprint density at radius 1 is 1.14 bits per heavy atom. The van der Waals surface area contributed by atoms with Gasteiger partial charge >= 0.3 is 6.18 Å². The van der Waals surface area contributed by atoms with Gasteiger partial charge in [0.1, 0.15) is 5.69 Å². The van der Waals surface area contributed by atoms with Crippen molar-refractivity contribution in [2.24, 2.45) is 7.05 Å². The molecule has 4 aromatic rings. The maximum absolute atomic E-state index is 12.8. The maximum atomic E-state index is 12.8. The molecule has 0 radical (unpaired) electrons. The molecule has 0 spiro atoms. The van der Waals surface area contributed by atoms with Gasteiger partial charge in [0.15, 0.2) is 5.69 Å². The van der Waals surface area contributed by atoms with Gasteiger partial charge in [-0.2, -0.15) is 23.4 Å². The van der Waals surface area contributed by atoms with Gasteiger partial charge < -0.3 is 9.73 Å². The van der Waals surface area contributed by atoms with Crippen molar-refractivity contribution in [1.29, 1.82) is 0 Å². The van der Waals surface area contributed by atoms with E-state index in [0.717, 1.165) is 11.6 Å². The number of hydrogen-bond acceptors (Lipinski definition) is 4. The average molecular weight is 401 g/mol. The van der Waals surface area contributed by atoms with Crippen molar-refractivity contribution in [2.45, 2.75) is 6.18 Å². The molecular formula is C19H14F3N5O2. The fraction of sp³-hybridized carbons (Fsp3) is 0.105. The van der Waals surface area contributed by atoms with Gasteiger partial charge in [-0.25, -0.2) is 0 Å². The van der Waals surface area contributed by atoms with Crippen LogP contribution in [0.1, 0.15) is 16.2 Å². The number of hydrogen-bond donors (Lipinski definition) is 2. The van der Waals surface area contributed by atoms with E-state index in [9.17, 15) is 18.0 Å². The van der Waals surface area contributed by atoms with E-state index in [1.165, 1.54) is 24.3 Å². The van der Waals surface area contributed by atoms with Gasteiger partial charge in [0.2, 0.25) is 0 Å². The van der Waals surface area contributed by atoms with Crippen LogP contribution in [0.15, 0.2) is 59.4 Å². The largest absolute Gasteiger partial charge is 0.472 e. The molecule has 1 amide bonds. The molecule has 0 unspecified atom stereocenters. The molecule has 1 aromatic carbocycles. The zero-order valence-electron chi connectivity index (χ0n) is 15.0. The van der Waals surface area contributed by atoms with E-state index in [-0.39, 0.29) is 5.69 Å². The summed E-state index contributed by atoms with van der Waals surface area (Å²) in [6.45, 7) is 0. The lowest BCUT2D eigenvalue weighted by Crippen LogP contribution is -2.12. The number of aryl methyl sites for hydroxylation is 1.